The first-order chi connectivity index (χ1) is 40.5. The van der Waals surface area contributed by atoms with Gasteiger partial charge in [-0.1, -0.05) is 371 Å². The predicted molar refractivity (Wildman–Crippen MR) is 361 cm³/mol. The van der Waals surface area contributed by atoms with Gasteiger partial charge in [-0.15, -0.1) is 0 Å². The Balaban J connectivity index is 3.44. The number of carbonyl (C=O) groups excluding carboxylic acids is 2. The summed E-state index contributed by atoms with van der Waals surface area (Å²) in [6.07, 6.45) is 92.3. The summed E-state index contributed by atoms with van der Waals surface area (Å²) < 4.78 is 5.51. The highest BCUT2D eigenvalue weighted by Gasteiger charge is 2.18. The van der Waals surface area contributed by atoms with E-state index in [-0.39, 0.29) is 18.5 Å². The molecule has 0 bridgehead atoms. The molecule has 484 valence electrons. The van der Waals surface area contributed by atoms with Crippen LogP contribution in [0.2, 0.25) is 0 Å². The average Bonchev–Trinajstić information content (AvgIpc) is 3.48. The highest BCUT2D eigenvalue weighted by atomic mass is 16.5. The molecule has 6 heteroatoms. The van der Waals surface area contributed by atoms with Crippen LogP contribution in [0.15, 0.2) is 36.5 Å². The van der Waals surface area contributed by atoms with Gasteiger partial charge < -0.3 is 20.3 Å². The Bertz CT molecular complexity index is 1330. The molecule has 0 heterocycles. The third-order valence-corrected chi connectivity index (χ3v) is 17.4. The maximum absolute atomic E-state index is 12.5. The maximum Gasteiger partial charge on any atom is 0.305 e. The number of allylic oxidation sites excluding steroid dienone is 5. The number of rotatable bonds is 70. The summed E-state index contributed by atoms with van der Waals surface area (Å²) in [5.74, 6) is -0.0565. The molecule has 82 heavy (non-hydrogen) atoms. The summed E-state index contributed by atoms with van der Waals surface area (Å²) in [6.45, 7) is 4.94. The van der Waals surface area contributed by atoms with Crippen molar-refractivity contribution < 1.29 is 24.5 Å². The van der Waals surface area contributed by atoms with Crippen LogP contribution in [0.4, 0.5) is 0 Å². The Morgan fingerprint density at radius 2 is 0.610 bits per heavy atom. The zero-order valence-electron chi connectivity index (χ0n) is 55.5. The second-order valence-electron chi connectivity index (χ2n) is 25.6. The third kappa shape index (κ3) is 67.2. The van der Waals surface area contributed by atoms with Crippen molar-refractivity contribution >= 4 is 11.9 Å². The van der Waals surface area contributed by atoms with Crippen LogP contribution in [0.3, 0.4) is 0 Å². The molecule has 2 atom stereocenters. The van der Waals surface area contributed by atoms with E-state index in [9.17, 15) is 19.8 Å². The van der Waals surface area contributed by atoms with Crippen molar-refractivity contribution in [3.05, 3.63) is 36.5 Å². The number of hydrogen-bond acceptors (Lipinski definition) is 5. The molecule has 0 spiro atoms. The molecule has 0 rings (SSSR count). The minimum absolute atomic E-state index is 0.0137. The largest absolute Gasteiger partial charge is 0.466 e. The number of nitrogens with one attached hydrogen (secondary N) is 1. The molecule has 2 unspecified atom stereocenters. The normalized spacial score (nSPS) is 12.7. The number of esters is 1. The van der Waals surface area contributed by atoms with Crippen molar-refractivity contribution in [1.29, 1.82) is 0 Å². The molecule has 0 aromatic carbocycles. The van der Waals surface area contributed by atoms with Crippen molar-refractivity contribution in [3.63, 3.8) is 0 Å². The van der Waals surface area contributed by atoms with Crippen LogP contribution in [-0.4, -0.2) is 47.4 Å². The minimum Gasteiger partial charge on any atom is -0.466 e. The molecule has 0 fully saturated rings. The van der Waals surface area contributed by atoms with Gasteiger partial charge in [0, 0.05) is 12.8 Å². The van der Waals surface area contributed by atoms with Crippen molar-refractivity contribution in [2.45, 2.75) is 424 Å². The first-order valence-electron chi connectivity index (χ1n) is 37.3. The van der Waals surface area contributed by atoms with Crippen LogP contribution in [0.5, 0.6) is 0 Å². The number of aliphatic hydroxyl groups is 2. The van der Waals surface area contributed by atoms with E-state index < -0.39 is 12.1 Å². The van der Waals surface area contributed by atoms with Crippen molar-refractivity contribution in [1.82, 2.24) is 5.32 Å². The summed E-state index contributed by atoms with van der Waals surface area (Å²) in [6, 6.07) is -0.634. The summed E-state index contributed by atoms with van der Waals surface area (Å²) in [5, 5.41) is 23.3. The van der Waals surface area contributed by atoms with Crippen molar-refractivity contribution in [2.24, 2.45) is 0 Å². The van der Waals surface area contributed by atoms with Gasteiger partial charge in [0.25, 0.3) is 0 Å². The smallest absolute Gasteiger partial charge is 0.305 e. The third-order valence-electron chi connectivity index (χ3n) is 17.4. The van der Waals surface area contributed by atoms with Gasteiger partial charge in [-0.2, -0.15) is 0 Å². The molecule has 6 nitrogen and oxygen atoms in total. The van der Waals surface area contributed by atoms with Crippen LogP contribution in [0.25, 0.3) is 0 Å². The van der Waals surface area contributed by atoms with E-state index in [2.05, 4.69) is 43.5 Å². The van der Waals surface area contributed by atoms with Crippen LogP contribution >= 0.6 is 0 Å². The lowest BCUT2D eigenvalue weighted by Gasteiger charge is -2.20. The van der Waals surface area contributed by atoms with Crippen LogP contribution in [-0.2, 0) is 14.3 Å². The van der Waals surface area contributed by atoms with E-state index in [1.165, 1.54) is 340 Å². The van der Waals surface area contributed by atoms with Gasteiger partial charge >= 0.3 is 5.97 Å². The molecule has 0 aliphatic heterocycles. The quantitative estimate of drug-likeness (QED) is 0.0320. The molecule has 3 N–H and O–H groups in total. The Hall–Kier alpha value is -1.92. The summed E-state index contributed by atoms with van der Waals surface area (Å²) in [7, 11) is 0. The number of amides is 1. The fourth-order valence-electron chi connectivity index (χ4n) is 11.7. The second kappa shape index (κ2) is 71.6. The Morgan fingerprint density at radius 1 is 0.341 bits per heavy atom. The SMILES string of the molecule is CCCCCCCCCCCCCCCCCCCCCC/C=C/C(O)C(CO)NC(=O)CCCCCCCCCCC/C=C\C/C=C\CCCCCCCCCCCOC(=O)CCCCCCCCCCCCCCCCCCCC. The van der Waals surface area contributed by atoms with Gasteiger partial charge in [-0.25, -0.2) is 0 Å². The number of hydrogen-bond donors (Lipinski definition) is 3. The molecule has 0 aromatic rings. The van der Waals surface area contributed by atoms with E-state index in [1.54, 1.807) is 6.08 Å². The van der Waals surface area contributed by atoms with Crippen molar-refractivity contribution in [3.8, 4) is 0 Å². The van der Waals surface area contributed by atoms with E-state index in [0.717, 1.165) is 44.9 Å². The van der Waals surface area contributed by atoms with Gasteiger partial charge in [0.1, 0.15) is 0 Å². The number of carbonyl (C=O) groups is 2. The lowest BCUT2D eigenvalue weighted by molar-refractivity contribution is -0.143. The topological polar surface area (TPSA) is 95.9 Å². The minimum atomic E-state index is -0.850. The molecule has 0 aliphatic rings. The lowest BCUT2D eigenvalue weighted by Crippen LogP contribution is -2.45. The number of aliphatic hydroxyl groups excluding tert-OH is 2. The molecule has 0 aromatic heterocycles. The van der Waals surface area contributed by atoms with E-state index >= 15 is 0 Å². The number of unbranched alkanes of at least 4 members (excludes halogenated alkanes) is 55. The van der Waals surface area contributed by atoms with Crippen LogP contribution in [0, 0.1) is 0 Å². The van der Waals surface area contributed by atoms with Crippen molar-refractivity contribution in [2.75, 3.05) is 13.2 Å². The summed E-state index contributed by atoms with van der Waals surface area (Å²) in [4.78, 5) is 24.6. The van der Waals surface area contributed by atoms with Gasteiger partial charge in [0.15, 0.2) is 0 Å². The Labute approximate surface area is 513 Å². The second-order valence-corrected chi connectivity index (χ2v) is 25.6. The van der Waals surface area contributed by atoms with E-state index in [1.807, 2.05) is 6.08 Å². The molecular formula is C76H145NO5. The van der Waals surface area contributed by atoms with E-state index in [4.69, 9.17) is 4.74 Å². The standard InChI is InChI=1S/C76H145NO5/c1-3-5-7-9-11-13-15-17-19-21-23-24-30-33-36-40-44-48-52-56-60-64-68-74(79)73(72-78)77-75(80)69-65-61-57-53-49-45-41-37-34-31-28-26-25-27-29-32-35-39-43-47-51-55-59-63-67-71-82-76(81)70-66-62-58-54-50-46-42-38-22-20-18-16-14-12-10-8-6-4-2/h26-29,64,68,73-74,78-79H,3-25,30-63,65-67,69-72H2,1-2H3,(H,77,80)/b28-26-,29-27-,68-64+. The fourth-order valence-corrected chi connectivity index (χ4v) is 11.7. The molecule has 1 amide bonds. The highest BCUT2D eigenvalue weighted by molar-refractivity contribution is 5.76. The highest BCUT2D eigenvalue weighted by Crippen LogP contribution is 2.19. The molecule has 0 radical (unpaired) electrons. The van der Waals surface area contributed by atoms with Crippen LogP contribution < -0.4 is 5.32 Å². The fraction of sp³-hybridized carbons (Fsp3) is 0.895. The summed E-state index contributed by atoms with van der Waals surface area (Å²) in [5.41, 5.74) is 0. The maximum atomic E-state index is 12.5. The molecular weight excluding hydrogens is 1010 g/mol. The van der Waals surface area contributed by atoms with Crippen LogP contribution in [0.1, 0.15) is 412 Å². The molecule has 0 saturated carbocycles. The molecule has 0 aliphatic carbocycles. The molecule has 0 saturated heterocycles. The Kier molecular flexibility index (Phi) is 69.9. The number of ether oxygens (including phenoxy) is 1. The van der Waals surface area contributed by atoms with Gasteiger partial charge in [0.05, 0.1) is 25.4 Å². The van der Waals surface area contributed by atoms with Gasteiger partial charge in [-0.3, -0.25) is 9.59 Å². The predicted octanol–water partition coefficient (Wildman–Crippen LogP) is 24.3. The van der Waals surface area contributed by atoms with Gasteiger partial charge in [-0.05, 0) is 64.2 Å². The Morgan fingerprint density at radius 3 is 0.927 bits per heavy atom. The monoisotopic (exact) mass is 1150 g/mol. The zero-order chi connectivity index (χ0) is 59.2. The zero-order valence-corrected chi connectivity index (χ0v) is 55.5. The average molecular weight is 1150 g/mol. The summed E-state index contributed by atoms with van der Waals surface area (Å²) >= 11 is 0. The first kappa shape index (κ1) is 80.1. The van der Waals surface area contributed by atoms with Gasteiger partial charge in [0.2, 0.25) is 5.91 Å². The van der Waals surface area contributed by atoms with E-state index in [0.29, 0.717) is 19.4 Å². The lowest BCUT2D eigenvalue weighted by atomic mass is 10.0. The first-order valence-corrected chi connectivity index (χ1v) is 37.3.